The Labute approximate surface area is 258 Å². The van der Waals surface area contributed by atoms with E-state index < -0.39 is 16.7 Å². The summed E-state index contributed by atoms with van der Waals surface area (Å²) in [5.41, 5.74) is 8.68. The predicted octanol–water partition coefficient (Wildman–Crippen LogP) is 4.07. The van der Waals surface area contributed by atoms with Crippen LogP contribution in [0.2, 0.25) is 5.02 Å². The van der Waals surface area contributed by atoms with Gasteiger partial charge in [0.15, 0.2) is 0 Å². The summed E-state index contributed by atoms with van der Waals surface area (Å²) in [6, 6.07) is 14.8. The summed E-state index contributed by atoms with van der Waals surface area (Å²) in [6.07, 6.45) is 0.902. The van der Waals surface area contributed by atoms with E-state index in [0.717, 1.165) is 42.8 Å². The molecule has 2 aromatic carbocycles. The van der Waals surface area contributed by atoms with Crippen LogP contribution in [-0.4, -0.2) is 96.8 Å². The third-order valence-corrected chi connectivity index (χ3v) is 8.33. The first-order valence-electron chi connectivity index (χ1n) is 14.5. The van der Waals surface area contributed by atoms with Gasteiger partial charge >= 0.3 is 5.97 Å². The Morgan fingerprint density at radius 3 is 2.24 bits per heavy atom. The molecule has 11 heteroatoms. The molecule has 9 nitrogen and oxygen atoms in total. The zero-order valence-corrected chi connectivity index (χ0v) is 26.6. The molecule has 2 amide bonds. The van der Waals surface area contributed by atoms with Gasteiger partial charge in [-0.25, -0.2) is 4.79 Å². The summed E-state index contributed by atoms with van der Waals surface area (Å²) in [4.78, 5) is 43.6. The monoisotopic (exact) mass is 618 g/mol. The normalized spacial score (nSPS) is 15.4. The molecule has 230 valence electrons. The van der Waals surface area contributed by atoms with Crippen LogP contribution in [0.25, 0.3) is 0 Å². The summed E-state index contributed by atoms with van der Waals surface area (Å²) >= 11 is 7.01. The average molecular weight is 619 g/mol. The number of hydrogen-bond donors (Lipinski definition) is 1. The van der Waals surface area contributed by atoms with Gasteiger partial charge in [-0.1, -0.05) is 30.7 Å². The van der Waals surface area contributed by atoms with Gasteiger partial charge in [-0.3, -0.25) is 20.2 Å². The van der Waals surface area contributed by atoms with Crippen molar-refractivity contribution in [1.29, 1.82) is 0 Å². The molecule has 0 radical (unpaired) electrons. The lowest BCUT2D eigenvalue weighted by molar-refractivity contribution is -0.149. The second-order valence-corrected chi connectivity index (χ2v) is 12.3. The van der Waals surface area contributed by atoms with Gasteiger partial charge in [-0.2, -0.15) is 0 Å². The van der Waals surface area contributed by atoms with E-state index in [-0.39, 0.29) is 31.8 Å². The van der Waals surface area contributed by atoms with Crippen molar-refractivity contribution in [2.45, 2.75) is 45.1 Å². The summed E-state index contributed by atoms with van der Waals surface area (Å²) in [6.45, 7) is 11.7. The highest BCUT2D eigenvalue weighted by Crippen LogP contribution is 2.28. The van der Waals surface area contributed by atoms with Gasteiger partial charge in [0, 0.05) is 55.5 Å². The highest BCUT2D eigenvalue weighted by molar-refractivity contribution is 8.02. The number of rotatable bonds is 14. The van der Waals surface area contributed by atoms with Crippen molar-refractivity contribution in [1.82, 2.24) is 9.80 Å². The molecule has 1 unspecified atom stereocenters. The first kappa shape index (κ1) is 33.9. The highest BCUT2D eigenvalue weighted by Gasteiger charge is 2.47. The minimum atomic E-state index is -1.90. The van der Waals surface area contributed by atoms with Crippen LogP contribution in [0.1, 0.15) is 43.6 Å². The van der Waals surface area contributed by atoms with E-state index in [1.54, 1.807) is 31.2 Å². The van der Waals surface area contributed by atoms with Gasteiger partial charge in [-0.05, 0) is 74.9 Å². The fraction of sp³-hybridized carbons (Fsp3) is 0.516. The molecule has 0 aromatic heterocycles. The van der Waals surface area contributed by atoms with Crippen LogP contribution < -0.4 is 10.6 Å². The number of ether oxygens (including phenoxy) is 2. The fourth-order valence-corrected chi connectivity index (χ4v) is 5.67. The van der Waals surface area contributed by atoms with Crippen molar-refractivity contribution < 1.29 is 23.9 Å². The summed E-state index contributed by atoms with van der Waals surface area (Å²) < 4.78 is 10.8. The van der Waals surface area contributed by atoms with E-state index in [2.05, 4.69) is 4.90 Å². The maximum Gasteiger partial charge on any atom is 0.346 e. The van der Waals surface area contributed by atoms with E-state index in [0.29, 0.717) is 30.1 Å². The Morgan fingerprint density at radius 2 is 1.67 bits per heavy atom. The molecule has 2 aromatic rings. The number of amides is 2. The van der Waals surface area contributed by atoms with Crippen molar-refractivity contribution in [2.24, 2.45) is 5.73 Å². The van der Waals surface area contributed by atoms with Gasteiger partial charge in [0.1, 0.15) is 0 Å². The number of hydrogen-bond acceptors (Lipinski definition) is 8. The number of nitrogens with two attached hydrogens (primary N) is 1. The Bertz CT molecular complexity index is 1170. The number of carbonyl (C=O) groups is 3. The number of benzene rings is 2. The second kappa shape index (κ2) is 16.3. The average Bonchev–Trinajstić information content (AvgIpc) is 2.99. The minimum absolute atomic E-state index is 0.0300. The van der Waals surface area contributed by atoms with Crippen molar-refractivity contribution in [3.05, 3.63) is 64.7 Å². The van der Waals surface area contributed by atoms with E-state index in [9.17, 15) is 14.4 Å². The smallest absolute Gasteiger partial charge is 0.346 e. The molecule has 1 heterocycles. The maximum absolute atomic E-state index is 13.7. The molecular formula is C31H43ClN4O5S. The highest BCUT2D eigenvalue weighted by atomic mass is 35.5. The van der Waals surface area contributed by atoms with Crippen LogP contribution in [0.4, 0.5) is 5.69 Å². The first-order chi connectivity index (χ1) is 20.1. The third-order valence-electron chi connectivity index (χ3n) is 7.00. The number of carbonyl (C=O) groups excluding carboxylic acids is 3. The molecule has 1 fully saturated rings. The van der Waals surface area contributed by atoms with Crippen LogP contribution in [0.5, 0.6) is 0 Å². The van der Waals surface area contributed by atoms with Crippen molar-refractivity contribution in [3.63, 3.8) is 0 Å². The molecule has 1 saturated heterocycles. The first-order valence-corrected chi connectivity index (χ1v) is 15.8. The van der Waals surface area contributed by atoms with Crippen LogP contribution in [-0.2, 0) is 25.5 Å². The number of halogens is 1. The second-order valence-electron chi connectivity index (χ2n) is 10.3. The fourth-order valence-electron chi connectivity index (χ4n) is 4.68. The Balaban J connectivity index is 1.67. The molecule has 0 aliphatic carbocycles. The zero-order chi connectivity index (χ0) is 30.7. The molecule has 2 N–H and O–H groups in total. The summed E-state index contributed by atoms with van der Waals surface area (Å²) in [5, 5.41) is 0.734. The molecule has 1 atom stereocenters. The van der Waals surface area contributed by atoms with Gasteiger partial charge in [-0.15, -0.1) is 11.8 Å². The van der Waals surface area contributed by atoms with Gasteiger partial charge < -0.3 is 19.3 Å². The largest absolute Gasteiger partial charge is 0.464 e. The van der Waals surface area contributed by atoms with Crippen LogP contribution in [0.3, 0.4) is 0 Å². The maximum atomic E-state index is 13.7. The van der Waals surface area contributed by atoms with Crippen molar-refractivity contribution in [2.75, 3.05) is 63.1 Å². The van der Waals surface area contributed by atoms with Gasteiger partial charge in [0.2, 0.25) is 4.87 Å². The molecule has 0 spiro atoms. The van der Waals surface area contributed by atoms with Crippen LogP contribution in [0, 0.1) is 0 Å². The third kappa shape index (κ3) is 9.18. The number of anilines is 1. The standard InChI is InChI=1S/C31H43ClN4O5S/c1-5-40-30(39)31(33,42-6-2)29(38)36(21-22-41-23(3)4)27-13-9-25(10-14-27)28(37)35-19-17-34(18-20-35)16-15-24-7-11-26(32)12-8-24/h7-14,23H,5-6,15-22,33H2,1-4H3. The molecule has 3 rings (SSSR count). The quantitative estimate of drug-likeness (QED) is 0.192. The van der Waals surface area contributed by atoms with E-state index >= 15 is 0 Å². The van der Waals surface area contributed by atoms with Crippen LogP contribution in [0.15, 0.2) is 48.5 Å². The summed E-state index contributed by atoms with van der Waals surface area (Å²) in [5.74, 6) is -0.981. The Kier molecular flexibility index (Phi) is 13.1. The topological polar surface area (TPSA) is 105 Å². The SMILES string of the molecule is CCOC(=O)C(N)(SCC)C(=O)N(CCOC(C)C)c1ccc(C(=O)N2CCN(CCc3ccc(Cl)cc3)CC2)cc1. The zero-order valence-electron chi connectivity index (χ0n) is 25.0. The Morgan fingerprint density at radius 1 is 1.02 bits per heavy atom. The number of piperazine rings is 1. The van der Waals surface area contributed by atoms with Crippen molar-refractivity contribution >= 4 is 46.8 Å². The Hall–Kier alpha value is -2.63. The molecule has 1 aliphatic rings. The molecular weight excluding hydrogens is 576 g/mol. The molecule has 0 saturated carbocycles. The predicted molar refractivity (Wildman–Crippen MR) is 169 cm³/mol. The molecule has 0 bridgehead atoms. The molecule has 42 heavy (non-hydrogen) atoms. The van der Waals surface area contributed by atoms with E-state index in [1.165, 1.54) is 10.5 Å². The lowest BCUT2D eigenvalue weighted by atomic mass is 10.1. The van der Waals surface area contributed by atoms with Crippen LogP contribution >= 0.6 is 23.4 Å². The summed E-state index contributed by atoms with van der Waals surface area (Å²) in [7, 11) is 0. The van der Waals surface area contributed by atoms with Gasteiger partial charge in [0.25, 0.3) is 11.8 Å². The number of esters is 1. The van der Waals surface area contributed by atoms with E-state index in [1.807, 2.05) is 49.9 Å². The lowest BCUT2D eigenvalue weighted by Crippen LogP contribution is -2.59. The molecule has 1 aliphatic heterocycles. The number of thioether (sulfide) groups is 1. The number of nitrogens with zero attached hydrogens (tertiary/aromatic N) is 3. The lowest BCUT2D eigenvalue weighted by Gasteiger charge is -2.35. The van der Waals surface area contributed by atoms with Gasteiger partial charge in [0.05, 0.1) is 19.3 Å². The minimum Gasteiger partial charge on any atom is -0.464 e. The van der Waals surface area contributed by atoms with E-state index in [4.69, 9.17) is 26.8 Å². The van der Waals surface area contributed by atoms with Crippen molar-refractivity contribution in [3.8, 4) is 0 Å².